The van der Waals surface area contributed by atoms with Crippen molar-refractivity contribution in [2.45, 2.75) is 57.4 Å². The number of esters is 1. The third-order valence-electron chi connectivity index (χ3n) is 3.91. The maximum atomic E-state index is 11.9. The summed E-state index contributed by atoms with van der Waals surface area (Å²) >= 11 is 0. The topological polar surface area (TPSA) is 54.0 Å². The number of cyclic esters (lactones) is 1. The zero-order chi connectivity index (χ0) is 15.6. The Kier molecular flexibility index (Phi) is 4.47. The van der Waals surface area contributed by atoms with Crippen LogP contribution in [0.3, 0.4) is 0 Å². The fraction of sp³-hybridized carbons (Fsp3) is 0.588. The second-order valence-corrected chi connectivity index (χ2v) is 6.27. The Morgan fingerprint density at radius 1 is 1.23 bits per heavy atom. The first-order valence-corrected chi connectivity index (χ1v) is 7.70. The summed E-state index contributed by atoms with van der Waals surface area (Å²) in [5.74, 6) is -0.824. The number of hydrogen-bond acceptors (Lipinski definition) is 5. The van der Waals surface area contributed by atoms with E-state index in [0.717, 1.165) is 5.56 Å². The van der Waals surface area contributed by atoms with Crippen LogP contribution in [0.2, 0.25) is 0 Å². The summed E-state index contributed by atoms with van der Waals surface area (Å²) in [6, 6.07) is 9.81. The van der Waals surface area contributed by atoms with Crippen LogP contribution >= 0.6 is 0 Å². The van der Waals surface area contributed by atoms with Gasteiger partial charge in [0.05, 0.1) is 19.3 Å². The van der Waals surface area contributed by atoms with E-state index in [-0.39, 0.29) is 18.2 Å². The van der Waals surface area contributed by atoms with E-state index in [1.165, 1.54) is 0 Å². The summed E-state index contributed by atoms with van der Waals surface area (Å²) in [4.78, 5) is 11.9. The largest absolute Gasteiger partial charge is 0.460 e. The van der Waals surface area contributed by atoms with E-state index in [2.05, 4.69) is 0 Å². The van der Waals surface area contributed by atoms with Crippen LogP contribution in [0.1, 0.15) is 32.3 Å². The number of benzene rings is 1. The summed E-state index contributed by atoms with van der Waals surface area (Å²) < 4.78 is 22.4. The van der Waals surface area contributed by atoms with Crippen molar-refractivity contribution in [2.24, 2.45) is 0 Å². The molecule has 0 spiro atoms. The molecular weight excluding hydrogens is 284 g/mol. The molecule has 0 aromatic heterocycles. The normalized spacial score (nSPS) is 30.5. The van der Waals surface area contributed by atoms with Crippen LogP contribution in [0.25, 0.3) is 0 Å². The minimum atomic E-state index is -0.545. The molecule has 2 heterocycles. The van der Waals surface area contributed by atoms with E-state index in [1.807, 2.05) is 44.2 Å². The molecule has 5 nitrogen and oxygen atoms in total. The first kappa shape index (κ1) is 15.5. The van der Waals surface area contributed by atoms with Crippen LogP contribution in [0.5, 0.6) is 0 Å². The number of carbonyl (C=O) groups excluding carboxylic acids is 1. The number of carbonyl (C=O) groups is 1. The highest BCUT2D eigenvalue weighted by Gasteiger charge is 2.40. The van der Waals surface area contributed by atoms with Crippen LogP contribution in [0.4, 0.5) is 0 Å². The zero-order valence-corrected chi connectivity index (χ0v) is 13.0. The average Bonchev–Trinajstić information content (AvgIpc) is 3.00. The lowest BCUT2D eigenvalue weighted by Gasteiger charge is -2.18. The summed E-state index contributed by atoms with van der Waals surface area (Å²) in [6.07, 6.45) is 0.559. The van der Waals surface area contributed by atoms with Gasteiger partial charge in [-0.3, -0.25) is 0 Å². The van der Waals surface area contributed by atoms with Crippen molar-refractivity contribution in [1.82, 2.24) is 0 Å². The van der Waals surface area contributed by atoms with Gasteiger partial charge in [-0.25, -0.2) is 4.79 Å². The predicted octanol–water partition coefficient (Wildman–Crippen LogP) is 2.43. The Hall–Kier alpha value is -1.43. The Bertz CT molecular complexity index is 513. The molecule has 0 aliphatic carbocycles. The maximum Gasteiger partial charge on any atom is 0.335 e. The second kappa shape index (κ2) is 6.36. The van der Waals surface area contributed by atoms with Crippen molar-refractivity contribution >= 4 is 5.97 Å². The first-order valence-electron chi connectivity index (χ1n) is 7.70. The van der Waals surface area contributed by atoms with Gasteiger partial charge in [0.25, 0.3) is 0 Å². The molecule has 0 saturated carbocycles. The molecule has 0 bridgehead atoms. The molecule has 0 N–H and O–H groups in total. The molecular formula is C17H22O5. The second-order valence-electron chi connectivity index (χ2n) is 6.27. The lowest BCUT2D eigenvalue weighted by molar-refractivity contribution is -0.153. The van der Waals surface area contributed by atoms with Crippen LogP contribution in [-0.4, -0.2) is 36.7 Å². The molecule has 1 aromatic carbocycles. The van der Waals surface area contributed by atoms with Gasteiger partial charge in [0, 0.05) is 12.8 Å². The van der Waals surface area contributed by atoms with Crippen molar-refractivity contribution in [3.63, 3.8) is 0 Å². The van der Waals surface area contributed by atoms with E-state index in [0.29, 0.717) is 26.1 Å². The molecule has 0 radical (unpaired) electrons. The Morgan fingerprint density at radius 2 is 2.00 bits per heavy atom. The van der Waals surface area contributed by atoms with Gasteiger partial charge in [-0.05, 0) is 19.4 Å². The van der Waals surface area contributed by atoms with E-state index < -0.39 is 11.9 Å². The average molecular weight is 306 g/mol. The van der Waals surface area contributed by atoms with E-state index in [4.69, 9.17) is 18.9 Å². The lowest BCUT2D eigenvalue weighted by Crippen LogP contribution is -2.24. The predicted molar refractivity (Wildman–Crippen MR) is 79.0 cm³/mol. The van der Waals surface area contributed by atoms with Crippen molar-refractivity contribution in [1.29, 1.82) is 0 Å². The standard InChI is InChI=1S/C17H22O5/c1-17(2)20-11-14(22-17)8-13-9-15(16(18)21-13)19-10-12-6-4-3-5-7-12/h3-7,13-15H,8-11H2,1-2H3/t13-,14-,15+/m0/s1. The maximum absolute atomic E-state index is 11.9. The molecule has 120 valence electrons. The van der Waals surface area contributed by atoms with Crippen molar-refractivity contribution in [3.8, 4) is 0 Å². The minimum absolute atomic E-state index is 0.0272. The molecule has 2 aliphatic rings. The molecule has 5 heteroatoms. The molecule has 0 unspecified atom stereocenters. The molecule has 2 saturated heterocycles. The van der Waals surface area contributed by atoms with Gasteiger partial charge in [-0.2, -0.15) is 0 Å². The highest BCUT2D eigenvalue weighted by atomic mass is 16.7. The molecule has 2 fully saturated rings. The van der Waals surface area contributed by atoms with Crippen LogP contribution < -0.4 is 0 Å². The van der Waals surface area contributed by atoms with Gasteiger partial charge in [0.1, 0.15) is 6.10 Å². The minimum Gasteiger partial charge on any atom is -0.460 e. The third-order valence-corrected chi connectivity index (χ3v) is 3.91. The number of hydrogen-bond donors (Lipinski definition) is 0. The van der Waals surface area contributed by atoms with Crippen LogP contribution in [0.15, 0.2) is 30.3 Å². The van der Waals surface area contributed by atoms with E-state index >= 15 is 0 Å². The van der Waals surface area contributed by atoms with Crippen LogP contribution in [-0.2, 0) is 30.3 Å². The SMILES string of the molecule is CC1(C)OC[C@H](C[C@H]2C[C@@H](OCc3ccccc3)C(=O)O2)O1. The molecule has 0 amide bonds. The van der Waals surface area contributed by atoms with E-state index in [1.54, 1.807) is 0 Å². The summed E-state index contributed by atoms with van der Waals surface area (Å²) in [7, 11) is 0. The van der Waals surface area contributed by atoms with Crippen molar-refractivity contribution < 1.29 is 23.7 Å². The van der Waals surface area contributed by atoms with Gasteiger partial charge in [0.2, 0.25) is 0 Å². The van der Waals surface area contributed by atoms with Gasteiger partial charge >= 0.3 is 5.97 Å². The van der Waals surface area contributed by atoms with Gasteiger partial charge < -0.3 is 18.9 Å². The molecule has 3 atom stereocenters. The van der Waals surface area contributed by atoms with Crippen LogP contribution in [0, 0.1) is 0 Å². The highest BCUT2D eigenvalue weighted by molar-refractivity contribution is 5.76. The summed E-state index contributed by atoms with van der Waals surface area (Å²) in [5.41, 5.74) is 1.05. The fourth-order valence-corrected chi connectivity index (χ4v) is 2.85. The quantitative estimate of drug-likeness (QED) is 0.782. The Balaban J connectivity index is 1.47. The van der Waals surface area contributed by atoms with Gasteiger partial charge in [-0.15, -0.1) is 0 Å². The summed E-state index contributed by atoms with van der Waals surface area (Å²) in [6.45, 7) is 4.73. The first-order chi connectivity index (χ1) is 10.5. The zero-order valence-electron chi connectivity index (χ0n) is 13.0. The van der Waals surface area contributed by atoms with Crippen molar-refractivity contribution in [2.75, 3.05) is 6.61 Å². The smallest absolute Gasteiger partial charge is 0.335 e. The fourth-order valence-electron chi connectivity index (χ4n) is 2.85. The molecule has 3 rings (SSSR count). The Morgan fingerprint density at radius 3 is 2.68 bits per heavy atom. The third kappa shape index (κ3) is 3.85. The van der Waals surface area contributed by atoms with Crippen molar-refractivity contribution in [3.05, 3.63) is 35.9 Å². The molecule has 1 aromatic rings. The number of ether oxygens (including phenoxy) is 4. The highest BCUT2D eigenvalue weighted by Crippen LogP contribution is 2.29. The Labute approximate surface area is 130 Å². The monoisotopic (exact) mass is 306 g/mol. The molecule has 22 heavy (non-hydrogen) atoms. The van der Waals surface area contributed by atoms with Gasteiger partial charge in [-0.1, -0.05) is 30.3 Å². The summed E-state index contributed by atoms with van der Waals surface area (Å²) in [5, 5.41) is 0. The number of rotatable bonds is 5. The lowest BCUT2D eigenvalue weighted by atomic mass is 10.1. The van der Waals surface area contributed by atoms with Gasteiger partial charge in [0.15, 0.2) is 11.9 Å². The van der Waals surface area contributed by atoms with E-state index in [9.17, 15) is 4.79 Å². The molecule has 2 aliphatic heterocycles.